The highest BCUT2D eigenvalue weighted by molar-refractivity contribution is 5.44. The molecule has 1 unspecified atom stereocenters. The Labute approximate surface area is 135 Å². The predicted octanol–water partition coefficient (Wildman–Crippen LogP) is 6.43. The number of nitrogens with zero attached hydrogens (tertiary/aromatic N) is 2. The van der Waals surface area contributed by atoms with Crippen LogP contribution >= 0.6 is 0 Å². The fraction of sp³-hybridized carbons (Fsp3) is 0.500. The van der Waals surface area contributed by atoms with E-state index in [1.165, 1.54) is 27.9 Å². The molecule has 2 heteroatoms. The first kappa shape index (κ1) is 16.7. The van der Waals surface area contributed by atoms with E-state index in [9.17, 15) is 0 Å². The second kappa shape index (κ2) is 6.60. The van der Waals surface area contributed by atoms with Gasteiger partial charge in [-0.1, -0.05) is 41.5 Å². The maximum absolute atomic E-state index is 4.69. The molecule has 1 aromatic rings. The van der Waals surface area contributed by atoms with Crippen molar-refractivity contribution in [3.05, 3.63) is 58.2 Å². The quantitative estimate of drug-likeness (QED) is 0.572. The minimum absolute atomic E-state index is 0.115. The molecule has 0 aliphatic heterocycles. The highest BCUT2D eigenvalue weighted by Crippen LogP contribution is 2.38. The second-order valence-electron chi connectivity index (χ2n) is 7.33. The smallest absolute Gasteiger partial charge is 0.0995 e. The molecule has 22 heavy (non-hydrogen) atoms. The van der Waals surface area contributed by atoms with Crippen LogP contribution in [-0.4, -0.2) is 5.54 Å². The molecular formula is C20H28N2. The summed E-state index contributed by atoms with van der Waals surface area (Å²) < 4.78 is 0. The first-order chi connectivity index (χ1) is 10.3. The van der Waals surface area contributed by atoms with Crippen molar-refractivity contribution in [3.63, 3.8) is 0 Å². The highest BCUT2D eigenvalue weighted by Gasteiger charge is 2.21. The van der Waals surface area contributed by atoms with Gasteiger partial charge in [0.05, 0.1) is 11.6 Å². The molecule has 2 rings (SSSR count). The van der Waals surface area contributed by atoms with E-state index in [1.54, 1.807) is 0 Å². The molecule has 0 heterocycles. The van der Waals surface area contributed by atoms with Gasteiger partial charge in [0.25, 0.3) is 0 Å². The first-order valence-electron chi connectivity index (χ1n) is 8.10. The van der Waals surface area contributed by atoms with Gasteiger partial charge in [0.15, 0.2) is 0 Å². The van der Waals surface area contributed by atoms with Crippen LogP contribution in [0.25, 0.3) is 0 Å². The summed E-state index contributed by atoms with van der Waals surface area (Å²) >= 11 is 0. The molecule has 1 aromatic carbocycles. The third-order valence-corrected chi connectivity index (χ3v) is 4.33. The van der Waals surface area contributed by atoms with Crippen LogP contribution < -0.4 is 0 Å². The SMILES string of the molecule is CC1=C(C)C(C)=C(CC(N=NC(C)(C)C)c2ccccc2)C1. The van der Waals surface area contributed by atoms with Gasteiger partial charge in [-0.05, 0) is 71.1 Å². The van der Waals surface area contributed by atoms with Gasteiger partial charge in [0.1, 0.15) is 0 Å². The number of allylic oxidation sites excluding steroid dienone is 3. The van der Waals surface area contributed by atoms with Crippen LogP contribution in [0.5, 0.6) is 0 Å². The van der Waals surface area contributed by atoms with E-state index >= 15 is 0 Å². The Bertz CT molecular complexity index is 613. The van der Waals surface area contributed by atoms with Crippen LogP contribution in [0.15, 0.2) is 62.9 Å². The maximum Gasteiger partial charge on any atom is 0.0995 e. The Morgan fingerprint density at radius 3 is 2.14 bits per heavy atom. The monoisotopic (exact) mass is 296 g/mol. The van der Waals surface area contributed by atoms with Crippen molar-refractivity contribution in [2.45, 2.75) is 66.0 Å². The Kier molecular flexibility index (Phi) is 5.00. The van der Waals surface area contributed by atoms with Gasteiger partial charge in [0, 0.05) is 0 Å². The molecule has 0 radical (unpaired) electrons. The topological polar surface area (TPSA) is 24.7 Å². The van der Waals surface area contributed by atoms with Gasteiger partial charge in [0.2, 0.25) is 0 Å². The molecule has 1 aliphatic rings. The van der Waals surface area contributed by atoms with Crippen molar-refractivity contribution in [1.82, 2.24) is 0 Å². The molecule has 0 N–H and O–H groups in total. The number of hydrogen-bond donors (Lipinski definition) is 0. The summed E-state index contributed by atoms with van der Waals surface area (Å²) in [5, 5.41) is 9.21. The summed E-state index contributed by atoms with van der Waals surface area (Å²) in [5.41, 5.74) is 7.02. The summed E-state index contributed by atoms with van der Waals surface area (Å²) in [6, 6.07) is 10.6. The average molecular weight is 296 g/mol. The largest absolute Gasteiger partial charge is 0.188 e. The fourth-order valence-corrected chi connectivity index (χ4v) is 2.77. The minimum atomic E-state index is -0.129. The van der Waals surface area contributed by atoms with Crippen molar-refractivity contribution in [1.29, 1.82) is 0 Å². The summed E-state index contributed by atoms with van der Waals surface area (Å²) in [6.07, 6.45) is 2.05. The van der Waals surface area contributed by atoms with Gasteiger partial charge in [-0.25, -0.2) is 0 Å². The van der Waals surface area contributed by atoms with Crippen molar-refractivity contribution in [2.24, 2.45) is 10.2 Å². The van der Waals surface area contributed by atoms with Crippen LogP contribution in [0.3, 0.4) is 0 Å². The molecular weight excluding hydrogens is 268 g/mol. The molecule has 0 aromatic heterocycles. The zero-order chi connectivity index (χ0) is 16.3. The lowest BCUT2D eigenvalue weighted by Gasteiger charge is -2.17. The molecule has 0 fully saturated rings. The molecule has 0 bridgehead atoms. The Balaban J connectivity index is 2.26. The zero-order valence-corrected chi connectivity index (χ0v) is 14.8. The normalized spacial score (nSPS) is 17.7. The van der Waals surface area contributed by atoms with Crippen molar-refractivity contribution in [2.75, 3.05) is 0 Å². The van der Waals surface area contributed by atoms with Crippen LogP contribution in [0.2, 0.25) is 0 Å². The molecule has 0 saturated heterocycles. The van der Waals surface area contributed by atoms with Crippen LogP contribution in [0.1, 0.15) is 66.0 Å². The van der Waals surface area contributed by atoms with Crippen LogP contribution in [0, 0.1) is 0 Å². The summed E-state index contributed by atoms with van der Waals surface area (Å²) in [4.78, 5) is 0. The standard InChI is InChI=1S/C20H28N2/c1-14-12-18(16(3)15(14)2)13-19(21-22-20(4,5)6)17-10-8-7-9-11-17/h7-11,19H,12-13H2,1-6H3. The number of azo groups is 1. The van der Waals surface area contributed by atoms with E-state index in [-0.39, 0.29) is 11.6 Å². The summed E-state index contributed by atoms with van der Waals surface area (Å²) in [6.45, 7) is 13.0. The van der Waals surface area contributed by atoms with Gasteiger partial charge < -0.3 is 0 Å². The maximum atomic E-state index is 4.69. The lowest BCUT2D eigenvalue weighted by molar-refractivity contribution is 0.509. The molecule has 2 nitrogen and oxygen atoms in total. The van der Waals surface area contributed by atoms with Crippen LogP contribution in [0.4, 0.5) is 0 Å². The molecule has 1 atom stereocenters. The van der Waals surface area contributed by atoms with E-state index in [2.05, 4.69) is 82.1 Å². The number of rotatable bonds is 4. The summed E-state index contributed by atoms with van der Waals surface area (Å²) in [7, 11) is 0. The summed E-state index contributed by atoms with van der Waals surface area (Å²) in [5.74, 6) is 0. The van der Waals surface area contributed by atoms with Gasteiger partial charge in [-0.2, -0.15) is 10.2 Å². The third kappa shape index (κ3) is 4.16. The van der Waals surface area contributed by atoms with Crippen molar-refractivity contribution >= 4 is 0 Å². The number of benzene rings is 1. The lowest BCUT2D eigenvalue weighted by atomic mass is 9.96. The zero-order valence-electron chi connectivity index (χ0n) is 14.8. The van der Waals surface area contributed by atoms with E-state index in [0.29, 0.717) is 0 Å². The Morgan fingerprint density at radius 2 is 1.64 bits per heavy atom. The van der Waals surface area contributed by atoms with E-state index in [1.807, 2.05) is 0 Å². The van der Waals surface area contributed by atoms with E-state index in [0.717, 1.165) is 12.8 Å². The van der Waals surface area contributed by atoms with E-state index in [4.69, 9.17) is 0 Å². The number of hydrogen-bond acceptors (Lipinski definition) is 2. The van der Waals surface area contributed by atoms with E-state index < -0.39 is 0 Å². The minimum Gasteiger partial charge on any atom is -0.188 e. The van der Waals surface area contributed by atoms with Crippen molar-refractivity contribution in [3.8, 4) is 0 Å². The molecule has 0 amide bonds. The first-order valence-corrected chi connectivity index (χ1v) is 8.10. The second-order valence-corrected chi connectivity index (χ2v) is 7.33. The van der Waals surface area contributed by atoms with Crippen LogP contribution in [-0.2, 0) is 0 Å². The lowest BCUT2D eigenvalue weighted by Crippen LogP contribution is -2.09. The predicted molar refractivity (Wildman–Crippen MR) is 94.1 cm³/mol. The highest BCUT2D eigenvalue weighted by atomic mass is 15.2. The third-order valence-electron chi connectivity index (χ3n) is 4.33. The Hall–Kier alpha value is -1.70. The van der Waals surface area contributed by atoms with Gasteiger partial charge >= 0.3 is 0 Å². The van der Waals surface area contributed by atoms with Gasteiger partial charge in [-0.3, -0.25) is 0 Å². The van der Waals surface area contributed by atoms with Gasteiger partial charge in [-0.15, -0.1) is 0 Å². The molecule has 0 spiro atoms. The fourth-order valence-electron chi connectivity index (χ4n) is 2.77. The molecule has 118 valence electrons. The Morgan fingerprint density at radius 1 is 1.00 bits per heavy atom. The molecule has 1 aliphatic carbocycles. The molecule has 0 saturated carbocycles. The average Bonchev–Trinajstić information content (AvgIpc) is 2.70. The van der Waals surface area contributed by atoms with Crippen molar-refractivity contribution < 1.29 is 0 Å².